The number of benzene rings is 1. The highest BCUT2D eigenvalue weighted by molar-refractivity contribution is 5.93. The van der Waals surface area contributed by atoms with Crippen LogP contribution in [0.25, 0.3) is 0 Å². The van der Waals surface area contributed by atoms with Gasteiger partial charge in [-0.1, -0.05) is 26.0 Å². The molecule has 0 heterocycles. The third-order valence-electron chi connectivity index (χ3n) is 4.36. The molecule has 1 fully saturated rings. The molecule has 0 N–H and O–H groups in total. The fourth-order valence-electron chi connectivity index (χ4n) is 2.68. The van der Waals surface area contributed by atoms with Gasteiger partial charge in [0, 0.05) is 29.4 Å². The van der Waals surface area contributed by atoms with Crippen molar-refractivity contribution in [1.82, 2.24) is 0 Å². The molecular weight excluding hydrogens is 230 g/mol. The summed E-state index contributed by atoms with van der Waals surface area (Å²) in [4.78, 5) is 22.3. The van der Waals surface area contributed by atoms with Crippen LogP contribution in [0.15, 0.2) is 18.2 Å². The number of Topliss-reactive ketones (excluding diaryl/α,β-unsaturated/α-hetero) is 1. The fourth-order valence-corrected chi connectivity index (χ4v) is 2.68. The molecule has 2 atom stereocenters. The second-order valence-electron chi connectivity index (χ2n) is 5.25. The second-order valence-corrected chi connectivity index (χ2v) is 5.25. The van der Waals surface area contributed by atoms with Crippen LogP contribution in [0.4, 0.5) is 5.69 Å². The molecule has 0 spiro atoms. The zero-order valence-corrected chi connectivity index (χ0v) is 10.9. The predicted molar refractivity (Wildman–Crippen MR) is 68.6 cm³/mol. The van der Waals surface area contributed by atoms with Gasteiger partial charge in [0.1, 0.15) is 5.78 Å². The normalized spacial score (nSPS) is 26.8. The lowest BCUT2D eigenvalue weighted by molar-refractivity contribution is -0.385. The Balaban J connectivity index is 2.39. The SMILES string of the molecule is CCC1(C)C(=O)CC1c1ccc(C)c([N+](=O)[O-])c1. The zero-order valence-electron chi connectivity index (χ0n) is 10.9. The van der Waals surface area contributed by atoms with E-state index in [1.807, 2.05) is 19.9 Å². The number of aryl methyl sites for hydroxylation is 1. The van der Waals surface area contributed by atoms with E-state index in [2.05, 4.69) is 0 Å². The highest BCUT2D eigenvalue weighted by Crippen LogP contribution is 2.52. The molecule has 2 unspecified atom stereocenters. The molecule has 0 saturated heterocycles. The summed E-state index contributed by atoms with van der Waals surface area (Å²) in [7, 11) is 0. The Hall–Kier alpha value is -1.71. The molecule has 4 heteroatoms. The van der Waals surface area contributed by atoms with Crippen molar-refractivity contribution < 1.29 is 9.72 Å². The Morgan fingerprint density at radius 3 is 2.67 bits per heavy atom. The van der Waals surface area contributed by atoms with E-state index >= 15 is 0 Å². The summed E-state index contributed by atoms with van der Waals surface area (Å²) in [5, 5.41) is 10.9. The molecular formula is C14H17NO3. The van der Waals surface area contributed by atoms with Gasteiger partial charge >= 0.3 is 0 Å². The van der Waals surface area contributed by atoms with Gasteiger partial charge in [-0.2, -0.15) is 0 Å². The van der Waals surface area contributed by atoms with Gasteiger partial charge in [0.2, 0.25) is 0 Å². The van der Waals surface area contributed by atoms with Crippen molar-refractivity contribution in [2.75, 3.05) is 0 Å². The quantitative estimate of drug-likeness (QED) is 0.607. The van der Waals surface area contributed by atoms with E-state index in [0.717, 1.165) is 12.0 Å². The molecule has 1 aliphatic carbocycles. The number of carbonyl (C=O) groups excluding carboxylic acids is 1. The lowest BCUT2D eigenvalue weighted by atomic mass is 9.56. The van der Waals surface area contributed by atoms with Crippen LogP contribution in [0.1, 0.15) is 43.7 Å². The number of nitro benzene ring substituents is 1. The van der Waals surface area contributed by atoms with Crippen molar-refractivity contribution in [2.24, 2.45) is 5.41 Å². The number of hydrogen-bond acceptors (Lipinski definition) is 3. The Labute approximate surface area is 106 Å². The van der Waals surface area contributed by atoms with Crippen LogP contribution in [-0.4, -0.2) is 10.7 Å². The number of carbonyl (C=O) groups is 1. The van der Waals surface area contributed by atoms with Crippen LogP contribution in [0.2, 0.25) is 0 Å². The van der Waals surface area contributed by atoms with Crippen molar-refractivity contribution in [3.63, 3.8) is 0 Å². The summed E-state index contributed by atoms with van der Waals surface area (Å²) in [6, 6.07) is 5.31. The molecule has 0 bridgehead atoms. The minimum absolute atomic E-state index is 0.120. The van der Waals surface area contributed by atoms with E-state index in [9.17, 15) is 14.9 Å². The summed E-state index contributed by atoms with van der Waals surface area (Å²) in [6.07, 6.45) is 1.28. The summed E-state index contributed by atoms with van der Waals surface area (Å²) >= 11 is 0. The third kappa shape index (κ3) is 1.72. The van der Waals surface area contributed by atoms with E-state index in [-0.39, 0.29) is 27.7 Å². The van der Waals surface area contributed by atoms with Crippen LogP contribution >= 0.6 is 0 Å². The molecule has 4 nitrogen and oxygen atoms in total. The number of nitro groups is 1. The van der Waals surface area contributed by atoms with Gasteiger partial charge in [-0.25, -0.2) is 0 Å². The highest BCUT2D eigenvalue weighted by Gasteiger charge is 2.50. The molecule has 1 aromatic carbocycles. The lowest BCUT2D eigenvalue weighted by Gasteiger charge is -2.45. The number of hydrogen-bond donors (Lipinski definition) is 0. The Morgan fingerprint density at radius 1 is 1.50 bits per heavy atom. The average Bonchev–Trinajstić information content (AvgIpc) is 2.35. The Bertz CT molecular complexity index is 524. The van der Waals surface area contributed by atoms with Crippen molar-refractivity contribution in [1.29, 1.82) is 0 Å². The largest absolute Gasteiger partial charge is 0.299 e. The van der Waals surface area contributed by atoms with E-state index in [1.54, 1.807) is 19.1 Å². The van der Waals surface area contributed by atoms with Gasteiger partial charge in [0.15, 0.2) is 0 Å². The molecule has 0 amide bonds. The van der Waals surface area contributed by atoms with Crippen molar-refractivity contribution in [3.05, 3.63) is 39.4 Å². The predicted octanol–water partition coefficient (Wildman–Crippen LogP) is 3.38. The summed E-state index contributed by atoms with van der Waals surface area (Å²) < 4.78 is 0. The van der Waals surface area contributed by atoms with E-state index < -0.39 is 0 Å². The number of rotatable bonds is 3. The van der Waals surface area contributed by atoms with Crippen LogP contribution in [0.3, 0.4) is 0 Å². The molecule has 1 aromatic rings. The minimum atomic E-state index is -0.359. The minimum Gasteiger partial charge on any atom is -0.299 e. The van der Waals surface area contributed by atoms with Crippen LogP contribution in [-0.2, 0) is 4.79 Å². The third-order valence-corrected chi connectivity index (χ3v) is 4.36. The topological polar surface area (TPSA) is 60.2 Å². The molecule has 1 saturated carbocycles. The van der Waals surface area contributed by atoms with E-state index in [4.69, 9.17) is 0 Å². The second kappa shape index (κ2) is 4.19. The summed E-state index contributed by atoms with van der Waals surface area (Å²) in [5.41, 5.74) is 1.37. The zero-order chi connectivity index (χ0) is 13.5. The number of nitrogens with zero attached hydrogens (tertiary/aromatic N) is 1. The van der Waals surface area contributed by atoms with Crippen molar-refractivity contribution in [3.8, 4) is 0 Å². The van der Waals surface area contributed by atoms with E-state index in [0.29, 0.717) is 12.0 Å². The average molecular weight is 247 g/mol. The maximum Gasteiger partial charge on any atom is 0.272 e. The van der Waals surface area contributed by atoms with Crippen LogP contribution in [0, 0.1) is 22.5 Å². The number of ketones is 1. The first-order chi connectivity index (χ1) is 8.40. The van der Waals surface area contributed by atoms with Crippen molar-refractivity contribution in [2.45, 2.75) is 39.5 Å². The van der Waals surface area contributed by atoms with E-state index in [1.165, 1.54) is 0 Å². The van der Waals surface area contributed by atoms with Crippen LogP contribution < -0.4 is 0 Å². The smallest absolute Gasteiger partial charge is 0.272 e. The molecule has 0 aliphatic heterocycles. The Morgan fingerprint density at radius 2 is 2.17 bits per heavy atom. The molecule has 18 heavy (non-hydrogen) atoms. The summed E-state index contributed by atoms with van der Waals surface area (Å²) in [5.74, 6) is 0.382. The van der Waals surface area contributed by atoms with Gasteiger partial charge in [-0.05, 0) is 18.9 Å². The first-order valence-electron chi connectivity index (χ1n) is 6.18. The molecule has 2 rings (SSSR count). The van der Waals surface area contributed by atoms with Gasteiger partial charge < -0.3 is 0 Å². The van der Waals surface area contributed by atoms with Crippen LogP contribution in [0.5, 0.6) is 0 Å². The van der Waals surface area contributed by atoms with Gasteiger partial charge in [0.25, 0.3) is 5.69 Å². The standard InChI is InChI=1S/C14H17NO3/c1-4-14(3)11(8-13(14)16)10-6-5-9(2)12(7-10)15(17)18/h5-7,11H,4,8H2,1-3H3. The van der Waals surface area contributed by atoms with Crippen molar-refractivity contribution >= 4 is 11.5 Å². The highest BCUT2D eigenvalue weighted by atomic mass is 16.6. The molecule has 96 valence electrons. The fraction of sp³-hybridized carbons (Fsp3) is 0.500. The maximum atomic E-state index is 11.7. The maximum absolute atomic E-state index is 11.7. The molecule has 0 aromatic heterocycles. The monoisotopic (exact) mass is 247 g/mol. The van der Waals surface area contributed by atoms with Gasteiger partial charge in [-0.15, -0.1) is 0 Å². The first-order valence-corrected chi connectivity index (χ1v) is 6.18. The first kappa shape index (κ1) is 12.7. The van der Waals surface area contributed by atoms with Gasteiger partial charge in [-0.3, -0.25) is 14.9 Å². The summed E-state index contributed by atoms with van der Waals surface area (Å²) in [6.45, 7) is 5.68. The Kier molecular flexibility index (Phi) is 2.97. The van der Waals surface area contributed by atoms with Gasteiger partial charge in [0.05, 0.1) is 4.92 Å². The molecule has 0 radical (unpaired) electrons. The lowest BCUT2D eigenvalue weighted by Crippen LogP contribution is -2.45. The molecule has 1 aliphatic rings.